The number of anilines is 2. The smallest absolute Gasteiger partial charge is 0.323 e. The van der Waals surface area contributed by atoms with E-state index in [1.54, 1.807) is 12.1 Å². The standard InChI is InChI=1S/C14H12N6O8/c15-1-7-13(19(3-9(21)22)4-10(23)24)18-8(2-16)14(17-7)20(5-11(25)26)6-12(27)28/h3-6H2,(H,21,22)(H,23,24)(H,25,26)(H,27,28). The molecule has 1 aromatic heterocycles. The molecule has 14 nitrogen and oxygen atoms in total. The summed E-state index contributed by atoms with van der Waals surface area (Å²) in [6, 6.07) is 3.09. The zero-order valence-corrected chi connectivity index (χ0v) is 13.9. The van der Waals surface area contributed by atoms with E-state index in [1.165, 1.54) is 0 Å². The van der Waals surface area contributed by atoms with E-state index >= 15 is 0 Å². The summed E-state index contributed by atoms with van der Waals surface area (Å²) in [5, 5.41) is 54.2. The second-order valence-corrected chi connectivity index (χ2v) is 5.08. The molecular weight excluding hydrogens is 380 g/mol. The fourth-order valence-electron chi connectivity index (χ4n) is 2.07. The molecule has 0 aliphatic carbocycles. The lowest BCUT2D eigenvalue weighted by Crippen LogP contribution is -2.38. The van der Waals surface area contributed by atoms with Crippen molar-refractivity contribution in [3.63, 3.8) is 0 Å². The Kier molecular flexibility index (Phi) is 7.17. The quantitative estimate of drug-likeness (QED) is 0.343. The van der Waals surface area contributed by atoms with E-state index in [0.29, 0.717) is 9.80 Å². The zero-order chi connectivity index (χ0) is 21.4. The van der Waals surface area contributed by atoms with Crippen molar-refractivity contribution in [3.05, 3.63) is 11.4 Å². The fraction of sp³-hybridized carbons (Fsp3) is 0.286. The Balaban J connectivity index is 3.60. The Hall–Kier alpha value is -4.46. The van der Waals surface area contributed by atoms with Crippen molar-refractivity contribution in [2.24, 2.45) is 0 Å². The third-order valence-corrected chi connectivity index (χ3v) is 2.97. The van der Waals surface area contributed by atoms with E-state index in [0.717, 1.165) is 0 Å². The normalized spacial score (nSPS) is 9.64. The third-order valence-electron chi connectivity index (χ3n) is 2.97. The highest BCUT2D eigenvalue weighted by Crippen LogP contribution is 2.23. The molecule has 0 aliphatic heterocycles. The van der Waals surface area contributed by atoms with Gasteiger partial charge in [0.2, 0.25) is 0 Å². The van der Waals surface area contributed by atoms with Crippen molar-refractivity contribution in [1.82, 2.24) is 9.97 Å². The van der Waals surface area contributed by atoms with Gasteiger partial charge in [-0.15, -0.1) is 0 Å². The van der Waals surface area contributed by atoms with Crippen molar-refractivity contribution >= 4 is 35.5 Å². The highest BCUT2D eigenvalue weighted by atomic mass is 16.4. The maximum atomic E-state index is 11.0. The highest BCUT2D eigenvalue weighted by Gasteiger charge is 2.26. The fourth-order valence-corrected chi connectivity index (χ4v) is 2.07. The van der Waals surface area contributed by atoms with Gasteiger partial charge < -0.3 is 30.2 Å². The van der Waals surface area contributed by atoms with Crippen LogP contribution in [0.15, 0.2) is 0 Å². The molecule has 0 spiro atoms. The van der Waals surface area contributed by atoms with Gasteiger partial charge in [-0.1, -0.05) is 0 Å². The SMILES string of the molecule is N#Cc1nc(N(CC(=O)O)CC(=O)O)c(C#N)nc1N(CC(=O)O)CC(=O)O. The van der Waals surface area contributed by atoms with Gasteiger partial charge in [-0.2, -0.15) is 10.5 Å². The van der Waals surface area contributed by atoms with Crippen LogP contribution in [0.5, 0.6) is 0 Å². The lowest BCUT2D eigenvalue weighted by atomic mass is 10.3. The number of nitriles is 2. The van der Waals surface area contributed by atoms with Crippen LogP contribution in [-0.2, 0) is 19.2 Å². The van der Waals surface area contributed by atoms with E-state index in [4.69, 9.17) is 20.4 Å². The largest absolute Gasteiger partial charge is 0.480 e. The monoisotopic (exact) mass is 392 g/mol. The van der Waals surface area contributed by atoms with Crippen LogP contribution in [0.25, 0.3) is 0 Å². The maximum Gasteiger partial charge on any atom is 0.323 e. The minimum Gasteiger partial charge on any atom is -0.480 e. The molecule has 146 valence electrons. The molecule has 1 aromatic rings. The first-order chi connectivity index (χ1) is 13.1. The van der Waals surface area contributed by atoms with Crippen LogP contribution in [0.1, 0.15) is 11.4 Å². The van der Waals surface area contributed by atoms with Crippen LogP contribution < -0.4 is 9.80 Å². The average Bonchev–Trinajstić information content (AvgIpc) is 2.57. The summed E-state index contributed by atoms with van der Waals surface area (Å²) in [7, 11) is 0. The minimum atomic E-state index is -1.45. The number of hydrogen-bond donors (Lipinski definition) is 4. The molecule has 0 fully saturated rings. The zero-order valence-electron chi connectivity index (χ0n) is 13.9. The molecule has 14 heteroatoms. The van der Waals surface area contributed by atoms with Gasteiger partial charge in [-0.3, -0.25) is 19.2 Å². The first-order valence-electron chi connectivity index (χ1n) is 7.18. The molecule has 28 heavy (non-hydrogen) atoms. The van der Waals surface area contributed by atoms with Crippen LogP contribution in [0.2, 0.25) is 0 Å². The number of carboxylic acid groups (broad SMARTS) is 4. The first kappa shape index (κ1) is 21.6. The van der Waals surface area contributed by atoms with Crippen LogP contribution in [-0.4, -0.2) is 80.5 Å². The molecule has 0 unspecified atom stereocenters. The second kappa shape index (κ2) is 9.30. The predicted octanol–water partition coefficient (Wildman–Crippen LogP) is -1.83. The van der Waals surface area contributed by atoms with Crippen molar-refractivity contribution in [1.29, 1.82) is 10.5 Å². The Bertz CT molecular complexity index is 797. The summed E-state index contributed by atoms with van der Waals surface area (Å²) in [4.78, 5) is 52.7. The lowest BCUT2D eigenvalue weighted by molar-refractivity contribution is -0.138. The van der Waals surface area contributed by atoms with E-state index in [1.807, 2.05) is 0 Å². The Labute approximate surface area is 156 Å². The molecule has 0 atom stereocenters. The molecule has 0 saturated heterocycles. The summed E-state index contributed by atoms with van der Waals surface area (Å²) >= 11 is 0. The summed E-state index contributed by atoms with van der Waals surface area (Å²) < 4.78 is 0. The first-order valence-corrected chi connectivity index (χ1v) is 7.18. The topological polar surface area (TPSA) is 229 Å². The van der Waals surface area contributed by atoms with Gasteiger partial charge in [-0.05, 0) is 0 Å². The van der Waals surface area contributed by atoms with Crippen molar-refractivity contribution < 1.29 is 39.6 Å². The van der Waals surface area contributed by atoms with E-state index in [2.05, 4.69) is 9.97 Å². The number of rotatable bonds is 10. The lowest BCUT2D eigenvalue weighted by Gasteiger charge is -2.24. The second-order valence-electron chi connectivity index (χ2n) is 5.08. The van der Waals surface area contributed by atoms with Crippen molar-refractivity contribution in [2.75, 3.05) is 36.0 Å². The number of hydrogen-bond acceptors (Lipinski definition) is 10. The summed E-state index contributed by atoms with van der Waals surface area (Å²) in [5.74, 6) is -6.86. The molecule has 0 aliphatic rings. The molecule has 0 amide bonds. The summed E-state index contributed by atoms with van der Waals surface area (Å²) in [5.41, 5.74) is -1.23. The molecule has 4 N–H and O–H groups in total. The van der Waals surface area contributed by atoms with Crippen molar-refractivity contribution in [3.8, 4) is 12.1 Å². The number of nitrogens with zero attached hydrogens (tertiary/aromatic N) is 6. The molecule has 0 aromatic carbocycles. The van der Waals surface area contributed by atoms with E-state index in [9.17, 15) is 29.7 Å². The van der Waals surface area contributed by atoms with Crippen LogP contribution in [0.3, 0.4) is 0 Å². The Morgan fingerprint density at radius 2 is 0.929 bits per heavy atom. The van der Waals surface area contributed by atoms with Crippen LogP contribution in [0, 0.1) is 22.7 Å². The van der Waals surface area contributed by atoms with Gasteiger partial charge in [0.15, 0.2) is 23.0 Å². The average molecular weight is 392 g/mol. The van der Waals surface area contributed by atoms with Gasteiger partial charge in [0, 0.05) is 0 Å². The summed E-state index contributed by atoms with van der Waals surface area (Å²) in [6.07, 6.45) is 0. The molecule has 1 heterocycles. The van der Waals surface area contributed by atoms with Crippen LogP contribution in [0.4, 0.5) is 11.6 Å². The van der Waals surface area contributed by atoms with Crippen LogP contribution >= 0.6 is 0 Å². The van der Waals surface area contributed by atoms with E-state index < -0.39 is 73.1 Å². The highest BCUT2D eigenvalue weighted by molar-refractivity contribution is 5.81. The number of aliphatic carboxylic acids is 4. The van der Waals surface area contributed by atoms with Gasteiger partial charge in [0.25, 0.3) is 0 Å². The van der Waals surface area contributed by atoms with Gasteiger partial charge in [-0.25, -0.2) is 9.97 Å². The van der Waals surface area contributed by atoms with Gasteiger partial charge in [0.1, 0.15) is 38.3 Å². The maximum absolute atomic E-state index is 11.0. The molecule has 1 rings (SSSR count). The number of carbonyl (C=O) groups is 4. The number of carboxylic acids is 4. The number of aromatic nitrogens is 2. The van der Waals surface area contributed by atoms with E-state index in [-0.39, 0.29) is 0 Å². The molecule has 0 radical (unpaired) electrons. The predicted molar refractivity (Wildman–Crippen MR) is 86.4 cm³/mol. The molecule has 0 bridgehead atoms. The van der Waals surface area contributed by atoms with Gasteiger partial charge in [0.05, 0.1) is 0 Å². The Morgan fingerprint density at radius 3 is 1.11 bits per heavy atom. The molecule has 0 saturated carbocycles. The molecular formula is C14H12N6O8. The Morgan fingerprint density at radius 1 is 0.679 bits per heavy atom. The summed E-state index contributed by atoms with van der Waals surface area (Å²) in [6.45, 7) is -3.52. The van der Waals surface area contributed by atoms with Gasteiger partial charge >= 0.3 is 23.9 Å². The van der Waals surface area contributed by atoms with Crippen molar-refractivity contribution in [2.45, 2.75) is 0 Å². The third kappa shape index (κ3) is 5.81. The minimum absolute atomic E-state index is 0.529.